The van der Waals surface area contributed by atoms with Crippen molar-refractivity contribution in [3.8, 4) is 0 Å². The number of rotatable bonds is 4. The van der Waals surface area contributed by atoms with Crippen LogP contribution in [0.15, 0.2) is 24.3 Å². The molecular formula is C13H17N3O3. The number of benzene rings is 1. The van der Waals surface area contributed by atoms with Crippen molar-refractivity contribution in [2.24, 2.45) is 0 Å². The zero-order chi connectivity index (χ0) is 13.9. The third kappa shape index (κ3) is 3.15. The average Bonchev–Trinajstić information content (AvgIpc) is 3.17. The molecule has 0 aliphatic heterocycles. The van der Waals surface area contributed by atoms with Crippen LogP contribution in [0.25, 0.3) is 0 Å². The molecule has 0 atom stereocenters. The van der Waals surface area contributed by atoms with Crippen LogP contribution < -0.4 is 16.4 Å². The molecule has 1 aliphatic carbocycles. The highest BCUT2D eigenvalue weighted by atomic mass is 16.5. The molecular weight excluding hydrogens is 246 g/mol. The molecule has 19 heavy (non-hydrogen) atoms. The van der Waals surface area contributed by atoms with Gasteiger partial charge < -0.3 is 21.1 Å². The molecule has 1 aromatic carbocycles. The highest BCUT2D eigenvalue weighted by Crippen LogP contribution is 2.45. The van der Waals surface area contributed by atoms with Crippen molar-refractivity contribution in [2.75, 3.05) is 19.4 Å². The maximum Gasteiger partial charge on any atom is 0.325 e. The third-order valence-electron chi connectivity index (χ3n) is 3.19. The Morgan fingerprint density at radius 1 is 1.32 bits per heavy atom. The van der Waals surface area contributed by atoms with Gasteiger partial charge in [-0.2, -0.15) is 0 Å². The predicted molar refractivity (Wildman–Crippen MR) is 70.3 cm³/mol. The Balaban J connectivity index is 1.93. The Morgan fingerprint density at radius 3 is 2.47 bits per heavy atom. The van der Waals surface area contributed by atoms with Crippen molar-refractivity contribution in [3.05, 3.63) is 29.8 Å². The topological polar surface area (TPSA) is 93.4 Å². The number of nitrogen functional groups attached to an aromatic ring is 1. The molecule has 1 aliphatic rings. The van der Waals surface area contributed by atoms with Gasteiger partial charge in [0.15, 0.2) is 0 Å². The number of nitrogens with two attached hydrogens (primary N) is 1. The molecule has 0 saturated heterocycles. The van der Waals surface area contributed by atoms with Crippen molar-refractivity contribution < 1.29 is 14.3 Å². The molecule has 1 saturated carbocycles. The van der Waals surface area contributed by atoms with Crippen molar-refractivity contribution in [1.82, 2.24) is 10.6 Å². The highest BCUT2D eigenvalue weighted by Gasteiger charge is 2.45. The van der Waals surface area contributed by atoms with E-state index in [1.165, 1.54) is 7.11 Å². The lowest BCUT2D eigenvalue weighted by Crippen LogP contribution is -2.44. The lowest BCUT2D eigenvalue weighted by atomic mass is 10.0. The van der Waals surface area contributed by atoms with Gasteiger partial charge in [-0.3, -0.25) is 4.79 Å². The van der Waals surface area contributed by atoms with E-state index in [4.69, 9.17) is 5.73 Å². The quantitative estimate of drug-likeness (QED) is 0.551. The molecule has 1 aromatic rings. The number of anilines is 1. The predicted octanol–water partition coefficient (Wildman–Crippen LogP) is 0.730. The van der Waals surface area contributed by atoms with E-state index in [9.17, 15) is 9.59 Å². The second-order valence-corrected chi connectivity index (χ2v) is 4.59. The molecule has 6 nitrogen and oxygen atoms in total. The molecule has 0 bridgehead atoms. The maximum absolute atomic E-state index is 11.7. The summed E-state index contributed by atoms with van der Waals surface area (Å²) in [7, 11) is 1.28. The number of urea groups is 1. The molecule has 0 aromatic heterocycles. The summed E-state index contributed by atoms with van der Waals surface area (Å²) in [4.78, 5) is 22.6. The number of ether oxygens (including phenoxy) is 1. The van der Waals surface area contributed by atoms with E-state index < -0.39 is 5.97 Å². The average molecular weight is 263 g/mol. The number of methoxy groups -OCH3 is 1. The normalized spacial score (nSPS) is 15.4. The summed E-state index contributed by atoms with van der Waals surface area (Å²) in [6.45, 7) is -0.139. The first-order chi connectivity index (χ1) is 9.05. The smallest absolute Gasteiger partial charge is 0.325 e. The van der Waals surface area contributed by atoms with Gasteiger partial charge in [0.1, 0.15) is 6.54 Å². The van der Waals surface area contributed by atoms with Crippen LogP contribution in [-0.4, -0.2) is 25.7 Å². The van der Waals surface area contributed by atoms with E-state index in [2.05, 4.69) is 15.4 Å². The van der Waals surface area contributed by atoms with E-state index in [1.54, 1.807) is 0 Å². The largest absolute Gasteiger partial charge is 0.468 e. The molecule has 0 heterocycles. The maximum atomic E-state index is 11.7. The van der Waals surface area contributed by atoms with E-state index in [0.29, 0.717) is 5.69 Å². The van der Waals surface area contributed by atoms with Crippen LogP contribution in [0.1, 0.15) is 18.4 Å². The second kappa shape index (κ2) is 5.17. The van der Waals surface area contributed by atoms with Gasteiger partial charge in [0.25, 0.3) is 0 Å². The van der Waals surface area contributed by atoms with E-state index in [-0.39, 0.29) is 18.1 Å². The fourth-order valence-corrected chi connectivity index (χ4v) is 1.90. The monoisotopic (exact) mass is 263 g/mol. The minimum atomic E-state index is -0.479. The van der Waals surface area contributed by atoms with E-state index in [0.717, 1.165) is 18.4 Å². The van der Waals surface area contributed by atoms with Gasteiger partial charge in [-0.15, -0.1) is 0 Å². The van der Waals surface area contributed by atoms with Crippen LogP contribution in [0.3, 0.4) is 0 Å². The zero-order valence-electron chi connectivity index (χ0n) is 10.7. The van der Waals surface area contributed by atoms with Crippen LogP contribution in [0.5, 0.6) is 0 Å². The van der Waals surface area contributed by atoms with Gasteiger partial charge >= 0.3 is 12.0 Å². The van der Waals surface area contributed by atoms with Crippen LogP contribution in [0.2, 0.25) is 0 Å². The van der Waals surface area contributed by atoms with Gasteiger partial charge in [0, 0.05) is 5.69 Å². The zero-order valence-corrected chi connectivity index (χ0v) is 10.7. The molecule has 2 amide bonds. The first-order valence-electron chi connectivity index (χ1n) is 6.04. The van der Waals surface area contributed by atoms with Gasteiger partial charge in [-0.25, -0.2) is 4.79 Å². The number of esters is 1. The number of carbonyl (C=O) groups excluding carboxylic acids is 2. The molecule has 0 unspecified atom stereocenters. The molecule has 2 rings (SSSR count). The summed E-state index contributed by atoms with van der Waals surface area (Å²) in [5.74, 6) is -0.479. The van der Waals surface area contributed by atoms with E-state index >= 15 is 0 Å². The Labute approximate surface area is 111 Å². The molecule has 0 spiro atoms. The Bertz CT molecular complexity index is 480. The lowest BCUT2D eigenvalue weighted by Gasteiger charge is -2.18. The van der Waals surface area contributed by atoms with Crippen LogP contribution in [-0.2, 0) is 15.1 Å². The van der Waals surface area contributed by atoms with Crippen LogP contribution in [0.4, 0.5) is 10.5 Å². The molecule has 0 radical (unpaired) electrons. The summed E-state index contributed by atoms with van der Waals surface area (Å²) >= 11 is 0. The van der Waals surface area contributed by atoms with Gasteiger partial charge in [-0.1, -0.05) is 12.1 Å². The standard InChI is InChI=1S/C13H17N3O3/c1-19-11(17)8-15-12(18)16-13(6-7-13)9-2-4-10(14)5-3-9/h2-5H,6-8,14H2,1H3,(H2,15,16,18). The number of nitrogens with one attached hydrogen (secondary N) is 2. The lowest BCUT2D eigenvalue weighted by molar-refractivity contribution is -0.139. The highest BCUT2D eigenvalue weighted by molar-refractivity contribution is 5.81. The number of hydrogen-bond acceptors (Lipinski definition) is 4. The van der Waals surface area contributed by atoms with Crippen molar-refractivity contribution in [3.63, 3.8) is 0 Å². The fourth-order valence-electron chi connectivity index (χ4n) is 1.90. The first kappa shape index (κ1) is 13.2. The summed E-state index contributed by atoms with van der Waals surface area (Å²) < 4.78 is 4.45. The Hall–Kier alpha value is -2.24. The third-order valence-corrected chi connectivity index (χ3v) is 3.19. The summed E-state index contributed by atoms with van der Waals surface area (Å²) in [5, 5.41) is 5.35. The van der Waals surface area contributed by atoms with Crippen LogP contribution in [0, 0.1) is 0 Å². The van der Waals surface area contributed by atoms with Crippen molar-refractivity contribution >= 4 is 17.7 Å². The van der Waals surface area contributed by atoms with Crippen molar-refractivity contribution in [1.29, 1.82) is 0 Å². The second-order valence-electron chi connectivity index (χ2n) is 4.59. The first-order valence-corrected chi connectivity index (χ1v) is 6.04. The van der Waals surface area contributed by atoms with Gasteiger partial charge in [-0.05, 0) is 30.5 Å². The van der Waals surface area contributed by atoms with E-state index in [1.807, 2.05) is 24.3 Å². The number of amides is 2. The Kier molecular flexibility index (Phi) is 3.59. The Morgan fingerprint density at radius 2 is 1.95 bits per heavy atom. The molecule has 4 N–H and O–H groups in total. The SMILES string of the molecule is COC(=O)CNC(=O)NC1(c2ccc(N)cc2)CC1. The summed E-state index contributed by atoms with van der Waals surface area (Å²) in [5.41, 5.74) is 7.02. The number of carbonyl (C=O) groups is 2. The van der Waals surface area contributed by atoms with Crippen LogP contribution >= 0.6 is 0 Å². The van der Waals surface area contributed by atoms with Gasteiger partial charge in [0.05, 0.1) is 12.6 Å². The summed E-state index contributed by atoms with van der Waals surface area (Å²) in [6.07, 6.45) is 1.76. The minimum Gasteiger partial charge on any atom is -0.468 e. The molecule has 6 heteroatoms. The minimum absolute atomic E-state index is 0.139. The molecule has 1 fully saturated rings. The molecule has 102 valence electrons. The van der Waals surface area contributed by atoms with Gasteiger partial charge in [0.2, 0.25) is 0 Å². The number of hydrogen-bond donors (Lipinski definition) is 3. The van der Waals surface area contributed by atoms with Crippen molar-refractivity contribution in [2.45, 2.75) is 18.4 Å². The summed E-state index contributed by atoms with van der Waals surface area (Å²) in [6, 6.07) is 7.05. The fraction of sp³-hybridized carbons (Fsp3) is 0.385.